The summed E-state index contributed by atoms with van der Waals surface area (Å²) in [6.45, 7) is 0. The molecule has 0 atom stereocenters. The molecule has 6 heteroatoms. The molecule has 4 aromatic heterocycles. The van der Waals surface area contributed by atoms with Gasteiger partial charge in [0.2, 0.25) is 0 Å². The van der Waals surface area contributed by atoms with Crippen LogP contribution < -0.4 is 5.56 Å². The van der Waals surface area contributed by atoms with E-state index in [1.54, 1.807) is 41.1 Å². The summed E-state index contributed by atoms with van der Waals surface area (Å²) in [5.74, 6) is 0.523. The van der Waals surface area contributed by atoms with E-state index in [4.69, 9.17) is 9.68 Å². The zero-order valence-corrected chi connectivity index (χ0v) is 14.4. The second-order valence-corrected chi connectivity index (χ2v) is 6.62. The summed E-state index contributed by atoms with van der Waals surface area (Å²) in [5, 5.41) is 11.1. The van der Waals surface area contributed by atoms with Gasteiger partial charge in [-0.15, -0.1) is 0 Å². The molecule has 0 amide bonds. The van der Waals surface area contributed by atoms with E-state index in [9.17, 15) is 4.79 Å². The lowest BCUT2D eigenvalue weighted by Crippen LogP contribution is -2.13. The van der Waals surface area contributed by atoms with Gasteiger partial charge in [0.15, 0.2) is 5.58 Å². The fourth-order valence-electron chi connectivity index (χ4n) is 3.84. The first kappa shape index (κ1) is 14.9. The Kier molecular flexibility index (Phi) is 2.74. The summed E-state index contributed by atoms with van der Waals surface area (Å²) in [4.78, 5) is 22.5. The van der Waals surface area contributed by atoms with Crippen LogP contribution in [0.5, 0.6) is 0 Å². The van der Waals surface area contributed by atoms with Crippen LogP contribution in [0.15, 0.2) is 70.1 Å². The number of hydrogen-bond acceptors (Lipinski definition) is 5. The molecule has 0 aliphatic rings. The van der Waals surface area contributed by atoms with Gasteiger partial charge >= 0.3 is 0 Å². The van der Waals surface area contributed by atoms with Crippen LogP contribution in [-0.2, 0) is 0 Å². The van der Waals surface area contributed by atoms with Gasteiger partial charge in [0.1, 0.15) is 16.9 Å². The Morgan fingerprint density at radius 2 is 1.82 bits per heavy atom. The van der Waals surface area contributed by atoms with Crippen LogP contribution in [0.4, 0.5) is 0 Å². The van der Waals surface area contributed by atoms with E-state index in [2.05, 4.69) is 16.0 Å². The number of pyridine rings is 2. The molecule has 0 bridgehead atoms. The number of rotatable bonds is 1. The maximum absolute atomic E-state index is 13.5. The molecule has 0 N–H and O–H groups in total. The first-order valence-electron chi connectivity index (χ1n) is 8.70. The molecule has 0 aliphatic heterocycles. The predicted octanol–water partition coefficient (Wildman–Crippen LogP) is 4.12. The topological polar surface area (TPSA) is 84.2 Å². The summed E-state index contributed by atoms with van der Waals surface area (Å²) in [7, 11) is 0. The maximum Gasteiger partial charge on any atom is 0.268 e. The Bertz CT molecular complexity index is 1640. The highest BCUT2D eigenvalue weighted by Gasteiger charge is 2.22. The highest BCUT2D eigenvalue weighted by molar-refractivity contribution is 6.16. The van der Waals surface area contributed by atoms with Crippen molar-refractivity contribution in [1.29, 1.82) is 5.26 Å². The van der Waals surface area contributed by atoms with Gasteiger partial charge in [0.05, 0.1) is 34.1 Å². The van der Waals surface area contributed by atoms with Crippen molar-refractivity contribution >= 4 is 38.4 Å². The molecule has 0 unspecified atom stereocenters. The van der Waals surface area contributed by atoms with Gasteiger partial charge < -0.3 is 4.42 Å². The van der Waals surface area contributed by atoms with Crippen molar-refractivity contribution in [3.05, 3.63) is 76.8 Å². The molecular weight excluding hydrogens is 352 g/mol. The van der Waals surface area contributed by atoms with Gasteiger partial charge in [-0.25, -0.2) is 4.98 Å². The molecule has 0 aliphatic carbocycles. The van der Waals surface area contributed by atoms with Crippen LogP contribution in [0, 0.1) is 11.3 Å². The van der Waals surface area contributed by atoms with Crippen LogP contribution in [0.25, 0.3) is 49.7 Å². The van der Waals surface area contributed by atoms with E-state index >= 15 is 0 Å². The monoisotopic (exact) mass is 362 g/mol. The van der Waals surface area contributed by atoms with Crippen molar-refractivity contribution in [1.82, 2.24) is 14.4 Å². The van der Waals surface area contributed by atoms with Gasteiger partial charge in [-0.05, 0) is 30.3 Å². The fourth-order valence-corrected chi connectivity index (χ4v) is 3.84. The molecule has 6 aromatic rings. The molecule has 0 fully saturated rings. The molecule has 28 heavy (non-hydrogen) atoms. The third-order valence-corrected chi connectivity index (χ3v) is 5.09. The third kappa shape index (κ3) is 1.77. The van der Waals surface area contributed by atoms with Crippen molar-refractivity contribution < 1.29 is 4.42 Å². The minimum Gasteiger partial charge on any atom is -0.455 e. The number of furan rings is 1. The van der Waals surface area contributed by atoms with E-state index < -0.39 is 0 Å². The standard InChI is InChI=1S/C22H10N4O2/c23-9-12-5-7-13(8-6-12)21-25-16-11-24-10-15-19(16)26(21)22(27)18-14-3-1-2-4-17(14)28-20(15)18/h1-8,10-11H. The molecule has 2 aromatic carbocycles. The first-order valence-corrected chi connectivity index (χ1v) is 8.70. The second-order valence-electron chi connectivity index (χ2n) is 6.62. The van der Waals surface area contributed by atoms with E-state index in [-0.39, 0.29) is 5.56 Å². The van der Waals surface area contributed by atoms with Crippen LogP contribution in [0.2, 0.25) is 0 Å². The van der Waals surface area contributed by atoms with E-state index in [1.165, 1.54) is 0 Å². The van der Waals surface area contributed by atoms with Crippen LogP contribution in [0.1, 0.15) is 5.56 Å². The zero-order valence-electron chi connectivity index (χ0n) is 14.4. The van der Waals surface area contributed by atoms with Crippen molar-refractivity contribution in [2.24, 2.45) is 0 Å². The number of para-hydroxylation sites is 1. The minimum atomic E-state index is -0.180. The van der Waals surface area contributed by atoms with Crippen LogP contribution in [0.3, 0.4) is 0 Å². The molecule has 4 heterocycles. The number of benzene rings is 2. The van der Waals surface area contributed by atoms with Crippen molar-refractivity contribution in [2.75, 3.05) is 0 Å². The summed E-state index contributed by atoms with van der Waals surface area (Å²) >= 11 is 0. The summed E-state index contributed by atoms with van der Waals surface area (Å²) in [6.07, 6.45) is 3.35. The van der Waals surface area contributed by atoms with Gasteiger partial charge in [-0.1, -0.05) is 18.2 Å². The third-order valence-electron chi connectivity index (χ3n) is 5.09. The minimum absolute atomic E-state index is 0.180. The summed E-state index contributed by atoms with van der Waals surface area (Å²) in [5.41, 5.74) is 3.63. The van der Waals surface area contributed by atoms with Gasteiger partial charge in [-0.2, -0.15) is 5.26 Å². The normalized spacial score (nSPS) is 11.7. The maximum atomic E-state index is 13.5. The van der Waals surface area contributed by atoms with E-state index in [0.717, 1.165) is 16.3 Å². The summed E-state index contributed by atoms with van der Waals surface area (Å²) < 4.78 is 7.64. The molecule has 130 valence electrons. The Labute approximate surface area is 157 Å². The lowest BCUT2D eigenvalue weighted by atomic mass is 10.1. The van der Waals surface area contributed by atoms with Crippen molar-refractivity contribution in [2.45, 2.75) is 0 Å². The lowest BCUT2D eigenvalue weighted by molar-refractivity contribution is 0.672. The SMILES string of the molecule is N#Cc1ccc(-c2nc3cncc4c5oc6ccccc6c5c(=O)n2c34)cc1. The Morgan fingerprint density at radius 3 is 2.64 bits per heavy atom. The molecule has 0 saturated carbocycles. The fraction of sp³-hybridized carbons (Fsp3) is 0. The highest BCUT2D eigenvalue weighted by Crippen LogP contribution is 2.34. The number of aromatic nitrogens is 3. The largest absolute Gasteiger partial charge is 0.455 e. The highest BCUT2D eigenvalue weighted by atomic mass is 16.3. The number of fused-ring (bicyclic) bond motifs is 4. The van der Waals surface area contributed by atoms with Gasteiger partial charge in [-0.3, -0.25) is 14.2 Å². The molecule has 0 radical (unpaired) electrons. The van der Waals surface area contributed by atoms with Crippen molar-refractivity contribution in [3.63, 3.8) is 0 Å². The molecule has 0 saturated heterocycles. The predicted molar refractivity (Wildman–Crippen MR) is 105 cm³/mol. The molecular formula is C22H10N4O2. The average molecular weight is 362 g/mol. The number of imidazole rings is 1. The number of nitrogens with zero attached hydrogens (tertiary/aromatic N) is 4. The average Bonchev–Trinajstić information content (AvgIpc) is 3.32. The van der Waals surface area contributed by atoms with E-state index in [1.807, 2.05) is 24.3 Å². The van der Waals surface area contributed by atoms with Crippen molar-refractivity contribution in [3.8, 4) is 17.5 Å². The Morgan fingerprint density at radius 1 is 1.00 bits per heavy atom. The van der Waals surface area contributed by atoms with Gasteiger partial charge in [0, 0.05) is 17.1 Å². The Balaban J connectivity index is 1.85. The molecule has 6 nitrogen and oxygen atoms in total. The Hall–Kier alpha value is -4.24. The van der Waals surface area contributed by atoms with E-state index in [0.29, 0.717) is 39.0 Å². The first-order chi connectivity index (χ1) is 13.8. The number of nitriles is 1. The van der Waals surface area contributed by atoms with Crippen LogP contribution >= 0.6 is 0 Å². The van der Waals surface area contributed by atoms with Gasteiger partial charge in [0.25, 0.3) is 5.56 Å². The zero-order chi connectivity index (χ0) is 18.8. The van der Waals surface area contributed by atoms with Crippen LogP contribution in [-0.4, -0.2) is 14.4 Å². The molecule has 6 rings (SSSR count). The second kappa shape index (κ2) is 5.15. The quantitative estimate of drug-likeness (QED) is 0.439. The number of hydrogen-bond donors (Lipinski definition) is 0. The molecule has 0 spiro atoms. The summed E-state index contributed by atoms with van der Waals surface area (Å²) in [6, 6.07) is 16.6. The smallest absolute Gasteiger partial charge is 0.268 e. The lowest BCUT2D eigenvalue weighted by Gasteiger charge is -2.03.